The smallest absolute Gasteiger partial charge is 0.0655 e. The van der Waals surface area contributed by atoms with Gasteiger partial charge < -0.3 is 4.90 Å². The van der Waals surface area contributed by atoms with E-state index in [1.54, 1.807) is 0 Å². The second kappa shape index (κ2) is 5.65. The van der Waals surface area contributed by atoms with Crippen LogP contribution in [0.3, 0.4) is 0 Å². The summed E-state index contributed by atoms with van der Waals surface area (Å²) < 4.78 is 0. The Labute approximate surface area is 117 Å². The fourth-order valence-corrected chi connectivity index (χ4v) is 3.11. The zero-order chi connectivity index (χ0) is 14.0. The monoisotopic (exact) mass is 256 g/mol. The Morgan fingerprint density at radius 1 is 1.05 bits per heavy atom. The van der Waals surface area contributed by atoms with Gasteiger partial charge in [-0.05, 0) is 69.2 Å². The molecule has 0 radical (unpaired) electrons. The molecule has 0 saturated heterocycles. The number of anilines is 1. The Morgan fingerprint density at radius 2 is 1.68 bits per heavy atom. The molecule has 0 N–H and O–H groups in total. The van der Waals surface area contributed by atoms with Gasteiger partial charge in [0.15, 0.2) is 0 Å². The maximum absolute atomic E-state index is 8.98. The number of aryl methyl sites for hydroxylation is 1. The Bertz CT molecular complexity index is 491. The third kappa shape index (κ3) is 2.76. The van der Waals surface area contributed by atoms with Gasteiger partial charge in [-0.2, -0.15) is 5.26 Å². The van der Waals surface area contributed by atoms with E-state index in [1.165, 1.54) is 22.4 Å². The Morgan fingerprint density at radius 3 is 2.26 bits per heavy atom. The first kappa shape index (κ1) is 13.9. The summed E-state index contributed by atoms with van der Waals surface area (Å²) in [6.45, 7) is 6.59. The summed E-state index contributed by atoms with van der Waals surface area (Å²) in [4.78, 5) is 2.43. The van der Waals surface area contributed by atoms with Crippen molar-refractivity contribution >= 4 is 5.69 Å². The number of hydrogen-bond donors (Lipinski definition) is 0. The lowest BCUT2D eigenvalue weighted by Gasteiger charge is -2.35. The number of rotatable bonds is 2. The van der Waals surface area contributed by atoms with Gasteiger partial charge in [-0.1, -0.05) is 6.07 Å². The molecule has 1 aromatic carbocycles. The lowest BCUT2D eigenvalue weighted by atomic mass is 9.86. The van der Waals surface area contributed by atoms with Crippen molar-refractivity contribution in [2.24, 2.45) is 5.92 Å². The Kier molecular flexibility index (Phi) is 4.14. The lowest BCUT2D eigenvalue weighted by Crippen LogP contribution is -2.35. The molecule has 0 spiro atoms. The van der Waals surface area contributed by atoms with E-state index in [2.05, 4.69) is 50.9 Å². The van der Waals surface area contributed by atoms with Crippen molar-refractivity contribution in [3.63, 3.8) is 0 Å². The predicted molar refractivity (Wildman–Crippen MR) is 80.4 cm³/mol. The van der Waals surface area contributed by atoms with E-state index in [4.69, 9.17) is 5.26 Å². The van der Waals surface area contributed by atoms with Crippen LogP contribution in [0.5, 0.6) is 0 Å². The van der Waals surface area contributed by atoms with E-state index in [0.29, 0.717) is 6.04 Å². The SMILES string of the molecule is Cc1ccc(N(C)C2CCC(C#N)CC2)c(C)c1C. The summed E-state index contributed by atoms with van der Waals surface area (Å²) in [6, 6.07) is 7.46. The quantitative estimate of drug-likeness (QED) is 0.795. The highest BCUT2D eigenvalue weighted by molar-refractivity contribution is 5.58. The molecule has 1 saturated carbocycles. The second-order valence-corrected chi connectivity index (χ2v) is 5.90. The van der Waals surface area contributed by atoms with Crippen molar-refractivity contribution < 1.29 is 0 Å². The molecule has 19 heavy (non-hydrogen) atoms. The van der Waals surface area contributed by atoms with E-state index in [9.17, 15) is 0 Å². The average Bonchev–Trinajstić information content (AvgIpc) is 2.44. The summed E-state index contributed by atoms with van der Waals surface area (Å²) in [5.41, 5.74) is 5.51. The van der Waals surface area contributed by atoms with Gasteiger partial charge in [0.05, 0.1) is 6.07 Å². The minimum absolute atomic E-state index is 0.283. The van der Waals surface area contributed by atoms with Gasteiger partial charge in [0.25, 0.3) is 0 Å². The zero-order valence-corrected chi connectivity index (χ0v) is 12.5. The van der Waals surface area contributed by atoms with Gasteiger partial charge in [-0.25, -0.2) is 0 Å². The summed E-state index contributed by atoms with van der Waals surface area (Å²) in [5, 5.41) is 8.98. The summed E-state index contributed by atoms with van der Waals surface area (Å²) in [5.74, 6) is 0.283. The Hall–Kier alpha value is -1.49. The zero-order valence-electron chi connectivity index (χ0n) is 12.5. The van der Waals surface area contributed by atoms with Gasteiger partial charge in [-0.15, -0.1) is 0 Å². The maximum Gasteiger partial charge on any atom is 0.0655 e. The lowest BCUT2D eigenvalue weighted by molar-refractivity contribution is 0.372. The van der Waals surface area contributed by atoms with Crippen molar-refractivity contribution in [2.75, 3.05) is 11.9 Å². The number of nitriles is 1. The second-order valence-electron chi connectivity index (χ2n) is 5.90. The molecule has 0 atom stereocenters. The molecule has 0 aromatic heterocycles. The molecular weight excluding hydrogens is 232 g/mol. The van der Waals surface area contributed by atoms with Crippen molar-refractivity contribution in [1.29, 1.82) is 5.26 Å². The molecule has 1 aliphatic rings. The highest BCUT2D eigenvalue weighted by Crippen LogP contribution is 2.32. The summed E-state index contributed by atoms with van der Waals surface area (Å²) >= 11 is 0. The first-order valence-corrected chi connectivity index (χ1v) is 7.23. The molecule has 1 aliphatic carbocycles. The van der Waals surface area contributed by atoms with E-state index >= 15 is 0 Å². The van der Waals surface area contributed by atoms with E-state index < -0.39 is 0 Å². The van der Waals surface area contributed by atoms with Crippen LogP contribution >= 0.6 is 0 Å². The topological polar surface area (TPSA) is 27.0 Å². The standard InChI is InChI=1S/C17H24N2/c1-12-5-10-17(14(3)13(12)2)19(4)16-8-6-15(11-18)7-9-16/h5,10,15-16H,6-9H2,1-4H3. The first-order valence-electron chi connectivity index (χ1n) is 7.23. The molecule has 0 aliphatic heterocycles. The first-order chi connectivity index (χ1) is 9.04. The minimum Gasteiger partial charge on any atom is -0.371 e. The molecule has 0 unspecified atom stereocenters. The molecular formula is C17H24N2. The highest BCUT2D eigenvalue weighted by atomic mass is 15.1. The van der Waals surface area contributed by atoms with Crippen LogP contribution in [0.15, 0.2) is 12.1 Å². The molecule has 1 aromatic rings. The molecule has 2 heteroatoms. The maximum atomic E-state index is 8.98. The van der Waals surface area contributed by atoms with Crippen molar-refractivity contribution in [3.05, 3.63) is 28.8 Å². The van der Waals surface area contributed by atoms with Crippen LogP contribution in [0, 0.1) is 38.0 Å². The predicted octanol–water partition coefficient (Wildman–Crippen LogP) is 4.13. The highest BCUT2D eigenvalue weighted by Gasteiger charge is 2.24. The Balaban J connectivity index is 2.15. The van der Waals surface area contributed by atoms with Crippen molar-refractivity contribution in [1.82, 2.24) is 0 Å². The van der Waals surface area contributed by atoms with Crippen LogP contribution < -0.4 is 4.90 Å². The fraction of sp³-hybridized carbons (Fsp3) is 0.588. The average molecular weight is 256 g/mol. The minimum atomic E-state index is 0.283. The number of benzene rings is 1. The molecule has 2 nitrogen and oxygen atoms in total. The van der Waals surface area contributed by atoms with E-state index in [-0.39, 0.29) is 5.92 Å². The number of nitrogens with zero attached hydrogens (tertiary/aromatic N) is 2. The summed E-state index contributed by atoms with van der Waals surface area (Å²) in [6.07, 6.45) is 4.38. The molecule has 0 heterocycles. The normalized spacial score (nSPS) is 22.9. The van der Waals surface area contributed by atoms with Crippen molar-refractivity contribution in [2.45, 2.75) is 52.5 Å². The van der Waals surface area contributed by atoms with Gasteiger partial charge in [0, 0.05) is 24.7 Å². The van der Waals surface area contributed by atoms with Crippen LogP contribution in [0.4, 0.5) is 5.69 Å². The molecule has 0 bridgehead atoms. The van der Waals surface area contributed by atoms with Crippen LogP contribution in [-0.4, -0.2) is 13.1 Å². The van der Waals surface area contributed by atoms with Crippen LogP contribution in [0.2, 0.25) is 0 Å². The van der Waals surface area contributed by atoms with Crippen LogP contribution in [0.25, 0.3) is 0 Å². The van der Waals surface area contributed by atoms with E-state index in [1.807, 2.05) is 0 Å². The van der Waals surface area contributed by atoms with Crippen molar-refractivity contribution in [3.8, 4) is 6.07 Å². The third-order valence-electron chi connectivity index (χ3n) is 4.84. The molecule has 102 valence electrons. The molecule has 0 amide bonds. The van der Waals surface area contributed by atoms with Gasteiger partial charge in [-0.3, -0.25) is 0 Å². The fourth-order valence-electron chi connectivity index (χ4n) is 3.11. The van der Waals surface area contributed by atoms with Gasteiger partial charge >= 0.3 is 0 Å². The van der Waals surface area contributed by atoms with Crippen LogP contribution in [-0.2, 0) is 0 Å². The van der Waals surface area contributed by atoms with E-state index in [0.717, 1.165) is 25.7 Å². The molecule has 2 rings (SSSR count). The largest absolute Gasteiger partial charge is 0.371 e. The third-order valence-corrected chi connectivity index (χ3v) is 4.84. The van der Waals surface area contributed by atoms with Gasteiger partial charge in [0.2, 0.25) is 0 Å². The number of hydrogen-bond acceptors (Lipinski definition) is 2. The van der Waals surface area contributed by atoms with Crippen LogP contribution in [0.1, 0.15) is 42.4 Å². The summed E-state index contributed by atoms with van der Waals surface area (Å²) in [7, 11) is 2.20. The molecule has 1 fully saturated rings. The van der Waals surface area contributed by atoms with Gasteiger partial charge in [0.1, 0.15) is 0 Å².